The van der Waals surface area contributed by atoms with Crippen LogP contribution < -0.4 is 11.5 Å². The third-order valence-corrected chi connectivity index (χ3v) is 2.66. The lowest BCUT2D eigenvalue weighted by Crippen LogP contribution is -1.97. The number of nitrogens with zero attached hydrogens (tertiary/aromatic N) is 2. The highest BCUT2D eigenvalue weighted by Gasteiger charge is 2.08. The van der Waals surface area contributed by atoms with Gasteiger partial charge in [0.05, 0.1) is 5.52 Å². The molecular formula is C12H9FN4. The highest BCUT2D eigenvalue weighted by molar-refractivity contribution is 6.08. The predicted octanol–water partition coefficient (Wildman–Crippen LogP) is 2.09. The Hall–Kier alpha value is -2.43. The van der Waals surface area contributed by atoms with Crippen LogP contribution in [-0.2, 0) is 0 Å². The first-order chi connectivity index (χ1) is 8.15. The van der Waals surface area contributed by atoms with E-state index in [0.717, 1.165) is 10.8 Å². The van der Waals surface area contributed by atoms with Crippen LogP contribution in [0.3, 0.4) is 0 Å². The van der Waals surface area contributed by atoms with Crippen LogP contribution in [0.4, 0.5) is 15.9 Å². The first kappa shape index (κ1) is 9.77. The van der Waals surface area contributed by atoms with Crippen molar-refractivity contribution in [3.05, 3.63) is 36.3 Å². The van der Waals surface area contributed by atoms with E-state index in [4.69, 9.17) is 11.5 Å². The number of anilines is 2. The number of hydrogen-bond donors (Lipinski definition) is 2. The highest BCUT2D eigenvalue weighted by atomic mass is 19.1. The van der Waals surface area contributed by atoms with Gasteiger partial charge in [-0.05, 0) is 24.3 Å². The summed E-state index contributed by atoms with van der Waals surface area (Å²) in [5, 5.41) is 1.63. The standard InChI is InChI=1S/C12H9FN4/c13-10-4-3-8-7-2-1-6(14)5-9(7)16-12(15)11(8)17-10/h1-5H,14H2,(H2,15,16). The van der Waals surface area contributed by atoms with Crippen LogP contribution in [0.15, 0.2) is 30.3 Å². The smallest absolute Gasteiger partial charge is 0.213 e. The zero-order valence-corrected chi connectivity index (χ0v) is 8.81. The molecule has 84 valence electrons. The Morgan fingerprint density at radius 1 is 0.941 bits per heavy atom. The molecule has 0 aliphatic heterocycles. The van der Waals surface area contributed by atoms with Gasteiger partial charge in [0.1, 0.15) is 5.52 Å². The lowest BCUT2D eigenvalue weighted by atomic mass is 10.1. The number of rotatable bonds is 0. The van der Waals surface area contributed by atoms with E-state index < -0.39 is 5.95 Å². The minimum absolute atomic E-state index is 0.206. The molecule has 2 heterocycles. The minimum Gasteiger partial charge on any atom is -0.399 e. The van der Waals surface area contributed by atoms with Crippen LogP contribution in [0.1, 0.15) is 0 Å². The van der Waals surface area contributed by atoms with Gasteiger partial charge < -0.3 is 11.5 Å². The van der Waals surface area contributed by atoms with Crippen LogP contribution in [0.5, 0.6) is 0 Å². The summed E-state index contributed by atoms with van der Waals surface area (Å²) in [5.74, 6) is -0.363. The van der Waals surface area contributed by atoms with Crippen LogP contribution in [-0.4, -0.2) is 9.97 Å². The zero-order chi connectivity index (χ0) is 12.0. The Labute approximate surface area is 96.1 Å². The van der Waals surface area contributed by atoms with Gasteiger partial charge in [-0.1, -0.05) is 6.07 Å². The molecule has 3 rings (SSSR count). The summed E-state index contributed by atoms with van der Waals surface area (Å²) in [4.78, 5) is 7.94. The third-order valence-electron chi connectivity index (χ3n) is 2.66. The maximum atomic E-state index is 13.1. The van der Waals surface area contributed by atoms with Gasteiger partial charge in [-0.25, -0.2) is 9.97 Å². The molecule has 0 aliphatic carbocycles. The van der Waals surface area contributed by atoms with E-state index in [1.165, 1.54) is 6.07 Å². The summed E-state index contributed by atoms with van der Waals surface area (Å²) in [6.07, 6.45) is 0. The fourth-order valence-electron chi connectivity index (χ4n) is 1.90. The lowest BCUT2D eigenvalue weighted by molar-refractivity contribution is 0.589. The molecule has 4 N–H and O–H groups in total. The summed E-state index contributed by atoms with van der Waals surface area (Å²) in [5.41, 5.74) is 13.1. The maximum absolute atomic E-state index is 13.1. The maximum Gasteiger partial charge on any atom is 0.213 e. The summed E-state index contributed by atoms with van der Waals surface area (Å²) in [6, 6.07) is 8.28. The van der Waals surface area contributed by atoms with Crippen LogP contribution in [0.25, 0.3) is 21.8 Å². The molecule has 0 saturated heterocycles. The van der Waals surface area contributed by atoms with Gasteiger partial charge >= 0.3 is 0 Å². The molecule has 0 saturated carbocycles. The molecule has 2 aromatic heterocycles. The van der Waals surface area contributed by atoms with Crippen LogP contribution in [0, 0.1) is 5.95 Å². The van der Waals surface area contributed by atoms with Crippen molar-refractivity contribution >= 4 is 33.3 Å². The average Bonchev–Trinajstić information content (AvgIpc) is 2.29. The predicted molar refractivity (Wildman–Crippen MR) is 65.8 cm³/mol. The first-order valence-corrected chi connectivity index (χ1v) is 5.06. The minimum atomic E-state index is -0.569. The zero-order valence-electron chi connectivity index (χ0n) is 8.81. The second kappa shape index (κ2) is 3.28. The second-order valence-corrected chi connectivity index (χ2v) is 3.80. The van der Waals surface area contributed by atoms with E-state index in [1.54, 1.807) is 18.2 Å². The largest absolute Gasteiger partial charge is 0.399 e. The Kier molecular flexibility index (Phi) is 1.89. The van der Waals surface area contributed by atoms with Gasteiger partial charge in [-0.3, -0.25) is 0 Å². The van der Waals surface area contributed by atoms with E-state index in [1.807, 2.05) is 6.07 Å². The van der Waals surface area contributed by atoms with E-state index in [0.29, 0.717) is 16.7 Å². The molecule has 0 bridgehead atoms. The van der Waals surface area contributed by atoms with Crippen molar-refractivity contribution in [2.45, 2.75) is 0 Å². The van der Waals surface area contributed by atoms with Crippen LogP contribution >= 0.6 is 0 Å². The third kappa shape index (κ3) is 1.44. The van der Waals surface area contributed by atoms with Gasteiger partial charge in [0.15, 0.2) is 5.82 Å². The molecule has 0 spiro atoms. The van der Waals surface area contributed by atoms with Gasteiger partial charge in [0.2, 0.25) is 5.95 Å². The van der Waals surface area contributed by atoms with Crippen molar-refractivity contribution < 1.29 is 4.39 Å². The molecule has 0 atom stereocenters. The molecule has 0 fully saturated rings. The van der Waals surface area contributed by atoms with Gasteiger partial charge in [-0.2, -0.15) is 4.39 Å². The topological polar surface area (TPSA) is 77.8 Å². The molecule has 5 heteroatoms. The summed E-state index contributed by atoms with van der Waals surface area (Å²) in [6.45, 7) is 0. The number of aromatic nitrogens is 2. The molecule has 4 nitrogen and oxygen atoms in total. The fraction of sp³-hybridized carbons (Fsp3) is 0. The monoisotopic (exact) mass is 228 g/mol. The van der Waals surface area contributed by atoms with Crippen molar-refractivity contribution in [2.24, 2.45) is 0 Å². The number of halogens is 1. The van der Waals surface area contributed by atoms with Crippen molar-refractivity contribution in [3.63, 3.8) is 0 Å². The van der Waals surface area contributed by atoms with Gasteiger partial charge in [0.25, 0.3) is 0 Å². The summed E-state index contributed by atoms with van der Waals surface area (Å²) in [7, 11) is 0. The first-order valence-electron chi connectivity index (χ1n) is 5.06. The molecule has 0 radical (unpaired) electrons. The van der Waals surface area contributed by atoms with Gasteiger partial charge in [0, 0.05) is 16.5 Å². The SMILES string of the molecule is Nc1ccc2c(c1)nc(N)c1nc(F)ccc12. The highest BCUT2D eigenvalue weighted by Crippen LogP contribution is 2.27. The van der Waals surface area contributed by atoms with E-state index in [-0.39, 0.29) is 5.82 Å². The molecule has 3 aromatic rings. The van der Waals surface area contributed by atoms with E-state index in [2.05, 4.69) is 9.97 Å². The Bertz CT molecular complexity index is 739. The van der Waals surface area contributed by atoms with Crippen LogP contribution in [0.2, 0.25) is 0 Å². The normalized spacial score (nSPS) is 11.1. The van der Waals surface area contributed by atoms with E-state index in [9.17, 15) is 4.39 Å². The Morgan fingerprint density at radius 3 is 2.53 bits per heavy atom. The lowest BCUT2D eigenvalue weighted by Gasteiger charge is -2.06. The van der Waals surface area contributed by atoms with E-state index >= 15 is 0 Å². The second-order valence-electron chi connectivity index (χ2n) is 3.80. The molecule has 0 amide bonds. The molecule has 17 heavy (non-hydrogen) atoms. The quantitative estimate of drug-likeness (QED) is 0.351. The number of benzene rings is 1. The number of nitrogens with two attached hydrogens (primary N) is 2. The van der Waals surface area contributed by atoms with Crippen molar-refractivity contribution in [2.75, 3.05) is 11.5 Å². The summed E-state index contributed by atoms with van der Waals surface area (Å²) < 4.78 is 13.1. The fourth-order valence-corrected chi connectivity index (χ4v) is 1.90. The Morgan fingerprint density at radius 2 is 1.71 bits per heavy atom. The number of hydrogen-bond acceptors (Lipinski definition) is 4. The molecular weight excluding hydrogens is 219 g/mol. The molecule has 0 unspecified atom stereocenters. The molecule has 0 aliphatic rings. The Balaban J connectivity index is 2.55. The average molecular weight is 228 g/mol. The van der Waals surface area contributed by atoms with Crippen molar-refractivity contribution in [1.82, 2.24) is 9.97 Å². The molecule has 1 aromatic carbocycles. The number of pyridine rings is 2. The number of nitrogen functional groups attached to an aromatic ring is 2. The summed E-state index contributed by atoms with van der Waals surface area (Å²) >= 11 is 0. The number of fused-ring (bicyclic) bond motifs is 3. The van der Waals surface area contributed by atoms with Crippen molar-refractivity contribution in [1.29, 1.82) is 0 Å². The van der Waals surface area contributed by atoms with Gasteiger partial charge in [-0.15, -0.1) is 0 Å². The van der Waals surface area contributed by atoms with Crippen molar-refractivity contribution in [3.8, 4) is 0 Å².